The van der Waals surface area contributed by atoms with Crippen LogP contribution >= 0.6 is 11.8 Å². The number of morpholine rings is 1. The summed E-state index contributed by atoms with van der Waals surface area (Å²) in [6.07, 6.45) is 4.85. The van der Waals surface area contributed by atoms with E-state index in [1.807, 2.05) is 6.92 Å². The van der Waals surface area contributed by atoms with E-state index in [1.165, 1.54) is 47.4 Å². The molecule has 1 aliphatic heterocycles. The first-order valence-corrected chi connectivity index (χ1v) is 13.9. The highest BCUT2D eigenvalue weighted by Crippen LogP contribution is 2.35. The van der Waals surface area contributed by atoms with Gasteiger partial charge in [-0.05, 0) is 44.4 Å². The third-order valence-electron chi connectivity index (χ3n) is 6.40. The number of amides is 1. The number of benzene rings is 1. The van der Waals surface area contributed by atoms with Gasteiger partial charge in [0.1, 0.15) is 0 Å². The maximum Gasteiger partial charge on any atom is 0.243 e. The van der Waals surface area contributed by atoms with E-state index in [9.17, 15) is 13.2 Å². The van der Waals surface area contributed by atoms with E-state index in [0.717, 1.165) is 16.4 Å². The number of ether oxygens (including phenoxy) is 1. The second-order valence-electron chi connectivity index (χ2n) is 8.60. The lowest BCUT2D eigenvalue weighted by atomic mass is 10.2. The van der Waals surface area contributed by atoms with E-state index in [0.29, 0.717) is 44.6 Å². The van der Waals surface area contributed by atoms with Gasteiger partial charge < -0.3 is 14.6 Å². The molecule has 1 aromatic carbocycles. The van der Waals surface area contributed by atoms with Gasteiger partial charge in [0, 0.05) is 31.4 Å². The van der Waals surface area contributed by atoms with Crippen molar-refractivity contribution in [3.63, 3.8) is 0 Å². The van der Waals surface area contributed by atoms with Crippen LogP contribution in [0.3, 0.4) is 0 Å². The number of sulfonamides is 1. The van der Waals surface area contributed by atoms with E-state index in [1.54, 1.807) is 24.3 Å². The number of hydrogen-bond acceptors (Lipinski definition) is 6. The summed E-state index contributed by atoms with van der Waals surface area (Å²) in [5.74, 6) is 0.229. The Kier molecular flexibility index (Phi) is 7.78. The molecular weight excluding hydrogens is 460 g/mol. The van der Waals surface area contributed by atoms with Crippen molar-refractivity contribution in [3.8, 4) is 0 Å². The molecule has 1 aromatic heterocycles. The van der Waals surface area contributed by atoms with Crippen LogP contribution in [0.2, 0.25) is 0 Å². The van der Waals surface area contributed by atoms with Crippen LogP contribution in [-0.2, 0) is 26.1 Å². The molecule has 1 saturated heterocycles. The number of rotatable bonds is 8. The lowest BCUT2D eigenvalue weighted by Crippen LogP contribution is -2.40. The molecule has 4 rings (SSSR count). The standard InChI is InChI=1S/C23H32N4O4S2/c1-17-18(2)27(20-5-3-4-6-20)23(25-17)32-16-22(28)24-15-19-7-9-21(10-8-19)33(29,30)26-11-13-31-14-12-26/h7-10,20H,3-6,11-16H2,1-2H3,(H,24,28). The van der Waals surface area contributed by atoms with Crippen LogP contribution < -0.4 is 5.32 Å². The molecule has 1 aliphatic carbocycles. The van der Waals surface area contributed by atoms with Crippen molar-refractivity contribution in [1.29, 1.82) is 0 Å². The molecule has 2 aromatic rings. The monoisotopic (exact) mass is 492 g/mol. The Labute approximate surface area is 200 Å². The van der Waals surface area contributed by atoms with Crippen LogP contribution in [0.4, 0.5) is 0 Å². The Hall–Kier alpha value is -1.88. The average Bonchev–Trinajstić information content (AvgIpc) is 3.45. The molecule has 180 valence electrons. The van der Waals surface area contributed by atoms with Gasteiger partial charge in [-0.3, -0.25) is 4.79 Å². The lowest BCUT2D eigenvalue weighted by Gasteiger charge is -2.26. The Morgan fingerprint density at radius 1 is 1.15 bits per heavy atom. The highest BCUT2D eigenvalue weighted by molar-refractivity contribution is 7.99. The second-order valence-corrected chi connectivity index (χ2v) is 11.5. The van der Waals surface area contributed by atoms with Gasteiger partial charge in [0.05, 0.1) is 29.6 Å². The van der Waals surface area contributed by atoms with Crippen LogP contribution in [0, 0.1) is 13.8 Å². The number of carbonyl (C=O) groups excluding carboxylic acids is 1. The molecule has 2 fully saturated rings. The normalized spacial score (nSPS) is 18.0. The van der Waals surface area contributed by atoms with Crippen LogP contribution in [-0.4, -0.2) is 60.2 Å². The van der Waals surface area contributed by atoms with E-state index < -0.39 is 10.0 Å². The number of nitrogens with one attached hydrogen (secondary N) is 1. The van der Waals surface area contributed by atoms with Gasteiger partial charge in [0.25, 0.3) is 0 Å². The van der Waals surface area contributed by atoms with Gasteiger partial charge in [-0.2, -0.15) is 4.31 Å². The van der Waals surface area contributed by atoms with Gasteiger partial charge in [-0.15, -0.1) is 0 Å². The summed E-state index contributed by atoms with van der Waals surface area (Å²) in [4.78, 5) is 17.4. The van der Waals surface area contributed by atoms with Crippen molar-refractivity contribution in [3.05, 3.63) is 41.2 Å². The minimum Gasteiger partial charge on any atom is -0.379 e. The van der Waals surface area contributed by atoms with Crippen LogP contribution in [0.1, 0.15) is 48.7 Å². The van der Waals surface area contributed by atoms with Crippen molar-refractivity contribution in [2.75, 3.05) is 32.1 Å². The first-order valence-electron chi connectivity index (χ1n) is 11.5. The zero-order valence-corrected chi connectivity index (χ0v) is 20.9. The molecule has 0 atom stereocenters. The van der Waals surface area contributed by atoms with Crippen molar-refractivity contribution < 1.29 is 17.9 Å². The van der Waals surface area contributed by atoms with Crippen molar-refractivity contribution >= 4 is 27.7 Å². The van der Waals surface area contributed by atoms with E-state index >= 15 is 0 Å². The Balaban J connectivity index is 1.30. The molecule has 8 nitrogen and oxygen atoms in total. The summed E-state index contributed by atoms with van der Waals surface area (Å²) in [5.41, 5.74) is 3.07. The van der Waals surface area contributed by atoms with Gasteiger partial charge in [-0.25, -0.2) is 13.4 Å². The third kappa shape index (κ3) is 5.62. The molecule has 0 spiro atoms. The summed E-state index contributed by atoms with van der Waals surface area (Å²) >= 11 is 1.48. The minimum atomic E-state index is -3.51. The van der Waals surface area contributed by atoms with Gasteiger partial charge in [-0.1, -0.05) is 36.7 Å². The molecule has 33 heavy (non-hydrogen) atoms. The molecule has 0 radical (unpaired) electrons. The van der Waals surface area contributed by atoms with Crippen LogP contribution in [0.15, 0.2) is 34.3 Å². The maximum atomic E-state index is 12.7. The van der Waals surface area contributed by atoms with E-state index in [4.69, 9.17) is 9.72 Å². The Bertz CT molecular complexity index is 1070. The smallest absolute Gasteiger partial charge is 0.243 e. The highest BCUT2D eigenvalue weighted by atomic mass is 32.2. The van der Waals surface area contributed by atoms with Crippen molar-refractivity contribution in [2.24, 2.45) is 0 Å². The predicted octanol–water partition coefficient (Wildman–Crippen LogP) is 3.04. The summed E-state index contributed by atoms with van der Waals surface area (Å²) in [5, 5.41) is 3.85. The van der Waals surface area contributed by atoms with Crippen molar-refractivity contribution in [2.45, 2.75) is 62.2 Å². The topological polar surface area (TPSA) is 93.5 Å². The fourth-order valence-electron chi connectivity index (χ4n) is 4.39. The van der Waals surface area contributed by atoms with Gasteiger partial charge in [0.2, 0.25) is 15.9 Å². The first-order chi connectivity index (χ1) is 15.9. The maximum absolute atomic E-state index is 12.7. The quantitative estimate of drug-likeness (QED) is 0.570. The Morgan fingerprint density at radius 3 is 2.48 bits per heavy atom. The fraction of sp³-hybridized carbons (Fsp3) is 0.565. The molecular formula is C23H32N4O4S2. The predicted molar refractivity (Wildman–Crippen MR) is 128 cm³/mol. The number of imidazole rings is 1. The van der Waals surface area contributed by atoms with Gasteiger partial charge in [0.15, 0.2) is 5.16 Å². The number of thioether (sulfide) groups is 1. The molecule has 1 amide bonds. The zero-order chi connectivity index (χ0) is 23.4. The average molecular weight is 493 g/mol. The summed E-state index contributed by atoms with van der Waals surface area (Å²) in [6.45, 7) is 6.06. The lowest BCUT2D eigenvalue weighted by molar-refractivity contribution is -0.118. The number of nitrogens with zero attached hydrogens (tertiary/aromatic N) is 3. The first kappa shape index (κ1) is 24.3. The Morgan fingerprint density at radius 2 is 1.82 bits per heavy atom. The molecule has 2 heterocycles. The minimum absolute atomic E-state index is 0.0682. The SMILES string of the molecule is Cc1nc(SCC(=O)NCc2ccc(S(=O)(=O)N3CCOCC3)cc2)n(C2CCCC2)c1C. The number of carbonyl (C=O) groups is 1. The largest absolute Gasteiger partial charge is 0.379 e. The molecule has 0 unspecified atom stereocenters. The molecule has 2 aliphatic rings. The molecule has 0 bridgehead atoms. The second kappa shape index (κ2) is 10.6. The molecule has 1 N–H and O–H groups in total. The van der Waals surface area contributed by atoms with E-state index in [-0.39, 0.29) is 10.8 Å². The fourth-order valence-corrected chi connectivity index (χ4v) is 6.78. The van der Waals surface area contributed by atoms with Crippen LogP contribution in [0.5, 0.6) is 0 Å². The summed E-state index contributed by atoms with van der Waals surface area (Å²) in [7, 11) is -3.51. The highest BCUT2D eigenvalue weighted by Gasteiger charge is 2.26. The zero-order valence-electron chi connectivity index (χ0n) is 19.2. The van der Waals surface area contributed by atoms with Gasteiger partial charge >= 0.3 is 0 Å². The summed E-state index contributed by atoms with van der Waals surface area (Å²) in [6, 6.07) is 7.19. The van der Waals surface area contributed by atoms with E-state index in [2.05, 4.69) is 16.8 Å². The number of hydrogen-bond donors (Lipinski definition) is 1. The molecule has 10 heteroatoms. The molecule has 1 saturated carbocycles. The number of aromatic nitrogens is 2. The van der Waals surface area contributed by atoms with Crippen LogP contribution in [0.25, 0.3) is 0 Å². The third-order valence-corrected chi connectivity index (χ3v) is 9.26. The number of aryl methyl sites for hydroxylation is 1. The summed E-state index contributed by atoms with van der Waals surface area (Å²) < 4.78 is 34.4. The van der Waals surface area contributed by atoms with Crippen molar-refractivity contribution in [1.82, 2.24) is 19.2 Å².